The molecule has 3 nitrogen and oxygen atoms in total. The molecule has 0 bridgehead atoms. The highest BCUT2D eigenvalue weighted by molar-refractivity contribution is 6.06. The predicted molar refractivity (Wildman–Crippen MR) is 77.9 cm³/mol. The zero-order chi connectivity index (χ0) is 16.2. The molecule has 0 amide bonds. The van der Waals surface area contributed by atoms with E-state index in [0.717, 1.165) is 34.1 Å². The van der Waals surface area contributed by atoms with Crippen molar-refractivity contribution >= 4 is 21.9 Å². The summed E-state index contributed by atoms with van der Waals surface area (Å²) >= 11 is 0. The van der Waals surface area contributed by atoms with E-state index in [1.54, 1.807) is 10.8 Å². The summed E-state index contributed by atoms with van der Waals surface area (Å²) in [5.41, 5.74) is 1.88. The van der Waals surface area contributed by atoms with Crippen molar-refractivity contribution in [3.8, 4) is 5.69 Å². The molecule has 0 radical (unpaired) electrons. The average molecular weight is 302 g/mol. The van der Waals surface area contributed by atoms with E-state index in [1.165, 1.54) is 6.07 Å². The van der Waals surface area contributed by atoms with E-state index in [4.69, 9.17) is 1.37 Å². The number of nitrogens with zero attached hydrogens (tertiary/aromatic N) is 2. The van der Waals surface area contributed by atoms with Gasteiger partial charge >= 0.3 is 6.18 Å². The minimum Gasteiger partial charge on any atom is -0.306 e. The average Bonchev–Trinajstić information content (AvgIpc) is 3.07. The maximum absolute atomic E-state index is 12.8. The van der Waals surface area contributed by atoms with Gasteiger partial charge in [0.25, 0.3) is 0 Å². The van der Waals surface area contributed by atoms with Crippen LogP contribution in [0.4, 0.5) is 13.2 Å². The van der Waals surface area contributed by atoms with Crippen LogP contribution in [-0.2, 0) is 6.18 Å². The van der Waals surface area contributed by atoms with Crippen molar-refractivity contribution in [1.29, 1.82) is 0 Å². The first kappa shape index (κ1) is 11.9. The first-order valence-corrected chi connectivity index (χ1v) is 6.57. The number of fused-ring (bicyclic) bond motifs is 3. The lowest BCUT2D eigenvalue weighted by Crippen LogP contribution is -2.04. The van der Waals surface area contributed by atoms with Gasteiger partial charge in [0.05, 0.1) is 29.7 Å². The minimum absolute atomic E-state index is 0.191. The van der Waals surface area contributed by atoms with E-state index in [9.17, 15) is 13.2 Å². The predicted octanol–water partition coefficient (Wildman–Crippen LogP) is 4.53. The number of rotatable bonds is 1. The highest BCUT2D eigenvalue weighted by Crippen LogP contribution is 2.33. The van der Waals surface area contributed by atoms with Gasteiger partial charge in [0, 0.05) is 11.1 Å². The largest absolute Gasteiger partial charge is 0.416 e. The first-order valence-electron chi connectivity index (χ1n) is 7.07. The van der Waals surface area contributed by atoms with Crippen molar-refractivity contribution in [2.75, 3.05) is 0 Å². The zero-order valence-corrected chi connectivity index (χ0v) is 11.1. The van der Waals surface area contributed by atoms with E-state index in [-0.39, 0.29) is 6.04 Å². The fourth-order valence-corrected chi connectivity index (χ4v) is 2.65. The number of hydrogen-bond donors (Lipinski definition) is 1. The van der Waals surface area contributed by atoms with Gasteiger partial charge in [-0.25, -0.2) is 0 Å². The van der Waals surface area contributed by atoms with Crippen LogP contribution in [0.5, 0.6) is 0 Å². The Kier molecular flexibility index (Phi) is 2.35. The Hall–Kier alpha value is -2.76. The number of aromatic nitrogens is 3. The van der Waals surface area contributed by atoms with Crippen molar-refractivity contribution in [2.45, 2.75) is 6.18 Å². The molecule has 0 fully saturated rings. The normalized spacial score (nSPS) is 13.0. The van der Waals surface area contributed by atoms with E-state index < -0.39 is 11.7 Å². The number of hydrogen-bond acceptors (Lipinski definition) is 1. The fraction of sp³-hybridized carbons (Fsp3) is 0.0625. The van der Waals surface area contributed by atoms with Gasteiger partial charge in [-0.05, 0) is 30.3 Å². The molecule has 0 aliphatic rings. The van der Waals surface area contributed by atoms with Gasteiger partial charge in [-0.2, -0.15) is 18.3 Å². The fourth-order valence-electron chi connectivity index (χ4n) is 2.65. The van der Waals surface area contributed by atoms with E-state index in [1.807, 2.05) is 24.3 Å². The summed E-state index contributed by atoms with van der Waals surface area (Å²) in [4.78, 5) is 0. The van der Waals surface area contributed by atoms with Crippen LogP contribution in [0.15, 0.2) is 54.7 Å². The van der Waals surface area contributed by atoms with Crippen LogP contribution in [0.2, 0.25) is 0 Å². The lowest BCUT2D eigenvalue weighted by Gasteiger charge is -2.10. The van der Waals surface area contributed by atoms with Gasteiger partial charge in [-0.1, -0.05) is 18.2 Å². The molecule has 2 aromatic carbocycles. The summed E-state index contributed by atoms with van der Waals surface area (Å²) < 4.78 is 48.1. The number of alkyl halides is 3. The molecule has 0 saturated carbocycles. The maximum Gasteiger partial charge on any atom is 0.416 e. The SMILES string of the molecule is [2H]c1cc(C(F)(F)F)ccc1-n1c2ccccc2c2[nH]ncc21. The second-order valence-electron chi connectivity index (χ2n) is 4.94. The highest BCUT2D eigenvalue weighted by Gasteiger charge is 2.30. The Balaban J connectivity index is 2.03. The van der Waals surface area contributed by atoms with E-state index in [2.05, 4.69) is 10.2 Å². The molecule has 2 heterocycles. The standard InChI is InChI=1S/C16H10F3N3/c17-16(18,19)10-5-7-11(8-6-10)22-13-4-2-1-3-12(13)15-14(22)9-20-21-15/h1-9H,(H,20,21)/i7D. The van der Waals surface area contributed by atoms with Crippen molar-refractivity contribution in [1.82, 2.24) is 14.8 Å². The van der Waals surface area contributed by atoms with Gasteiger partial charge in [0.2, 0.25) is 0 Å². The third-order valence-corrected chi connectivity index (χ3v) is 3.64. The third kappa shape index (κ3) is 1.80. The Labute approximate surface area is 124 Å². The van der Waals surface area contributed by atoms with Crippen LogP contribution in [0.3, 0.4) is 0 Å². The minimum atomic E-state index is -4.46. The van der Waals surface area contributed by atoms with Crippen molar-refractivity contribution < 1.29 is 14.5 Å². The zero-order valence-electron chi connectivity index (χ0n) is 12.1. The molecule has 1 N–H and O–H groups in total. The Bertz CT molecular complexity index is 1030. The highest BCUT2D eigenvalue weighted by atomic mass is 19.4. The number of aromatic amines is 1. The van der Waals surface area contributed by atoms with Crippen LogP contribution in [0.1, 0.15) is 6.93 Å². The molecule has 110 valence electrons. The Morgan fingerprint density at radius 3 is 2.64 bits per heavy atom. The molecular formula is C16H10F3N3. The topological polar surface area (TPSA) is 33.6 Å². The maximum atomic E-state index is 12.8. The first-order chi connectivity index (χ1) is 11.0. The second-order valence-corrected chi connectivity index (χ2v) is 4.94. The van der Waals surface area contributed by atoms with Crippen LogP contribution in [0, 0.1) is 0 Å². The van der Waals surface area contributed by atoms with Gasteiger partial charge in [0.1, 0.15) is 0 Å². The molecule has 22 heavy (non-hydrogen) atoms. The molecular weight excluding hydrogens is 291 g/mol. The van der Waals surface area contributed by atoms with Crippen molar-refractivity contribution in [3.05, 3.63) is 60.3 Å². The molecule has 0 unspecified atom stereocenters. The molecule has 0 spiro atoms. The van der Waals surface area contributed by atoms with E-state index >= 15 is 0 Å². The number of halogens is 3. The van der Waals surface area contributed by atoms with Crippen molar-refractivity contribution in [3.63, 3.8) is 0 Å². The molecule has 4 aromatic rings. The number of H-pyrrole nitrogens is 1. The van der Waals surface area contributed by atoms with Gasteiger partial charge in [0.15, 0.2) is 0 Å². The molecule has 0 atom stereocenters. The van der Waals surface area contributed by atoms with Gasteiger partial charge in [-0.15, -0.1) is 0 Å². The van der Waals surface area contributed by atoms with Crippen LogP contribution >= 0.6 is 0 Å². The van der Waals surface area contributed by atoms with Crippen LogP contribution < -0.4 is 0 Å². The summed E-state index contributed by atoms with van der Waals surface area (Å²) in [6.07, 6.45) is -2.86. The monoisotopic (exact) mass is 302 g/mol. The van der Waals surface area contributed by atoms with Crippen LogP contribution in [0.25, 0.3) is 27.6 Å². The molecule has 6 heteroatoms. The van der Waals surface area contributed by atoms with Gasteiger partial charge < -0.3 is 4.57 Å². The van der Waals surface area contributed by atoms with Crippen LogP contribution in [-0.4, -0.2) is 14.8 Å². The lowest BCUT2D eigenvalue weighted by molar-refractivity contribution is -0.137. The Morgan fingerprint density at radius 1 is 1.05 bits per heavy atom. The summed E-state index contributed by atoms with van der Waals surface area (Å²) in [6.45, 7) is 0. The second kappa shape index (κ2) is 4.37. The van der Waals surface area contributed by atoms with E-state index in [0.29, 0.717) is 5.69 Å². The number of nitrogens with one attached hydrogen (secondary N) is 1. The lowest BCUT2D eigenvalue weighted by atomic mass is 10.2. The van der Waals surface area contributed by atoms with Gasteiger partial charge in [-0.3, -0.25) is 5.10 Å². The Morgan fingerprint density at radius 2 is 1.86 bits per heavy atom. The molecule has 0 aliphatic carbocycles. The molecule has 4 rings (SSSR count). The molecule has 0 aliphatic heterocycles. The summed E-state index contributed by atoms with van der Waals surface area (Å²) in [6, 6.07) is 10.5. The van der Waals surface area contributed by atoms with Crippen molar-refractivity contribution in [2.24, 2.45) is 0 Å². The summed E-state index contributed by atoms with van der Waals surface area (Å²) in [7, 11) is 0. The number of para-hydroxylation sites is 1. The molecule has 0 saturated heterocycles. The molecule has 2 aromatic heterocycles. The summed E-state index contributed by atoms with van der Waals surface area (Å²) in [5.74, 6) is 0. The quantitative estimate of drug-likeness (QED) is 0.551. The summed E-state index contributed by atoms with van der Waals surface area (Å²) in [5, 5.41) is 7.79. The number of benzene rings is 2. The third-order valence-electron chi connectivity index (χ3n) is 3.64. The smallest absolute Gasteiger partial charge is 0.306 e.